The summed E-state index contributed by atoms with van der Waals surface area (Å²) in [6.07, 6.45) is 10.4. The van der Waals surface area contributed by atoms with Crippen molar-refractivity contribution in [3.8, 4) is 0 Å². The van der Waals surface area contributed by atoms with Crippen molar-refractivity contribution in [2.45, 2.75) is 36.9 Å². The summed E-state index contributed by atoms with van der Waals surface area (Å²) in [5.74, 6) is -2.80. The molecule has 0 fully saturated rings. The van der Waals surface area contributed by atoms with Crippen LogP contribution in [0.3, 0.4) is 0 Å². The summed E-state index contributed by atoms with van der Waals surface area (Å²) in [7, 11) is 2.44. The lowest BCUT2D eigenvalue weighted by atomic mass is 9.77. The van der Waals surface area contributed by atoms with Crippen molar-refractivity contribution >= 4 is 23.8 Å². The number of hydrogen-bond donors (Lipinski definition) is 2. The van der Waals surface area contributed by atoms with Gasteiger partial charge in [0, 0.05) is 19.0 Å². The number of imidazole rings is 1. The van der Waals surface area contributed by atoms with E-state index in [2.05, 4.69) is 47.0 Å². The third-order valence-corrected chi connectivity index (χ3v) is 8.36. The van der Waals surface area contributed by atoms with Gasteiger partial charge in [-0.25, -0.2) is 9.78 Å². The van der Waals surface area contributed by atoms with E-state index in [1.807, 2.05) is 65.4 Å². The van der Waals surface area contributed by atoms with E-state index in [1.165, 1.54) is 14.2 Å². The molecule has 0 unspecified atom stereocenters. The molecule has 5 rings (SSSR count). The number of esters is 2. The molecule has 1 aliphatic rings. The molecule has 0 spiro atoms. The molecule has 1 aliphatic carbocycles. The van der Waals surface area contributed by atoms with Gasteiger partial charge in [0.1, 0.15) is 17.6 Å². The molecule has 0 radical (unpaired) electrons. The highest BCUT2D eigenvalue weighted by molar-refractivity contribution is 5.92. The molecule has 0 saturated carbocycles. The van der Waals surface area contributed by atoms with Crippen LogP contribution in [-0.4, -0.2) is 59.6 Å². The van der Waals surface area contributed by atoms with Crippen LogP contribution in [0.15, 0.2) is 128 Å². The molecule has 3 aromatic carbocycles. The number of aromatic nitrogens is 2. The summed E-state index contributed by atoms with van der Waals surface area (Å²) in [6, 6.07) is 28.0. The standard InChI is InChI=1S/C38H38N4O6/c1-47-34(43)23-22-32(37(46)48-2)40-36(45)33(41-35(44)27-14-12-13-15-27)24-31-25-42(26-39-31)38(28-16-6-3-7-17-28,29-18-8-4-9-19-29)30-20-10-5-11-21-30/h3-21,25-27,32-33H,22-24H2,1-2H3,(H,40,45)(H,41,44)/t32-,33-/m0/s1. The smallest absolute Gasteiger partial charge is 0.328 e. The minimum atomic E-state index is -1.13. The largest absolute Gasteiger partial charge is 0.469 e. The summed E-state index contributed by atoms with van der Waals surface area (Å²) < 4.78 is 11.6. The average molecular weight is 647 g/mol. The third kappa shape index (κ3) is 7.44. The third-order valence-electron chi connectivity index (χ3n) is 8.36. The molecule has 1 aromatic heterocycles. The predicted octanol–water partition coefficient (Wildman–Crippen LogP) is 4.10. The summed E-state index contributed by atoms with van der Waals surface area (Å²) in [4.78, 5) is 56.1. The number of rotatable bonds is 14. The fourth-order valence-corrected chi connectivity index (χ4v) is 5.96. The van der Waals surface area contributed by atoms with Crippen molar-refractivity contribution in [1.82, 2.24) is 20.2 Å². The number of benzene rings is 3. The van der Waals surface area contributed by atoms with E-state index in [4.69, 9.17) is 14.5 Å². The summed E-state index contributed by atoms with van der Waals surface area (Å²) in [5.41, 5.74) is 2.71. The summed E-state index contributed by atoms with van der Waals surface area (Å²) in [6.45, 7) is 0. The molecule has 48 heavy (non-hydrogen) atoms. The lowest BCUT2D eigenvalue weighted by molar-refractivity contribution is -0.146. The summed E-state index contributed by atoms with van der Waals surface area (Å²) in [5, 5.41) is 5.51. The van der Waals surface area contributed by atoms with Crippen molar-refractivity contribution in [2.75, 3.05) is 14.2 Å². The molecular weight excluding hydrogens is 608 g/mol. The number of nitrogens with one attached hydrogen (secondary N) is 2. The van der Waals surface area contributed by atoms with Crippen LogP contribution in [0.5, 0.6) is 0 Å². The lowest BCUT2D eigenvalue weighted by Gasteiger charge is -2.37. The predicted molar refractivity (Wildman–Crippen MR) is 179 cm³/mol. The first-order valence-corrected chi connectivity index (χ1v) is 15.7. The normalized spacial score (nSPS) is 13.8. The second-order valence-electron chi connectivity index (χ2n) is 11.3. The van der Waals surface area contributed by atoms with Gasteiger partial charge in [0.2, 0.25) is 11.8 Å². The number of carbonyl (C=O) groups is 4. The van der Waals surface area contributed by atoms with Gasteiger partial charge in [-0.15, -0.1) is 0 Å². The number of amides is 2. The van der Waals surface area contributed by atoms with Crippen LogP contribution in [0.2, 0.25) is 0 Å². The highest BCUT2D eigenvalue weighted by atomic mass is 16.5. The van der Waals surface area contributed by atoms with E-state index in [9.17, 15) is 19.2 Å². The Balaban J connectivity index is 1.52. The second kappa shape index (κ2) is 15.7. The SMILES string of the molecule is COC(=O)CC[C@H](NC(=O)[C@H](Cc1cn(C(c2ccccc2)(c2ccccc2)c2ccccc2)cn1)NC(=O)C1C=CC=C1)C(=O)OC. The zero-order valence-corrected chi connectivity index (χ0v) is 26.8. The fourth-order valence-electron chi connectivity index (χ4n) is 5.96. The van der Waals surface area contributed by atoms with Crippen LogP contribution in [0, 0.1) is 5.92 Å². The van der Waals surface area contributed by atoms with Crippen molar-refractivity contribution < 1.29 is 28.7 Å². The van der Waals surface area contributed by atoms with Crippen LogP contribution in [0.25, 0.3) is 0 Å². The first-order valence-electron chi connectivity index (χ1n) is 15.7. The van der Waals surface area contributed by atoms with Crippen molar-refractivity contribution in [3.05, 3.63) is 150 Å². The Bertz CT molecular complexity index is 1660. The van der Waals surface area contributed by atoms with Crippen molar-refractivity contribution in [2.24, 2.45) is 5.92 Å². The van der Waals surface area contributed by atoms with E-state index in [0.717, 1.165) is 16.7 Å². The lowest BCUT2D eigenvalue weighted by Crippen LogP contribution is -2.53. The molecule has 4 aromatic rings. The van der Waals surface area contributed by atoms with Gasteiger partial charge in [0.15, 0.2) is 0 Å². The van der Waals surface area contributed by atoms with Crippen molar-refractivity contribution in [3.63, 3.8) is 0 Å². The maximum atomic E-state index is 13.8. The Morgan fingerprint density at radius 3 is 1.81 bits per heavy atom. The molecule has 10 nitrogen and oxygen atoms in total. The number of carbonyl (C=O) groups excluding carboxylic acids is 4. The maximum Gasteiger partial charge on any atom is 0.328 e. The van der Waals surface area contributed by atoms with Crippen LogP contribution in [0.4, 0.5) is 0 Å². The van der Waals surface area contributed by atoms with Gasteiger partial charge < -0.3 is 24.7 Å². The Morgan fingerprint density at radius 2 is 1.31 bits per heavy atom. The molecule has 2 atom stereocenters. The van der Waals surface area contributed by atoms with Gasteiger partial charge in [-0.1, -0.05) is 115 Å². The minimum Gasteiger partial charge on any atom is -0.469 e. The second-order valence-corrected chi connectivity index (χ2v) is 11.3. The van der Waals surface area contributed by atoms with E-state index in [0.29, 0.717) is 5.69 Å². The van der Waals surface area contributed by atoms with E-state index < -0.39 is 41.4 Å². The van der Waals surface area contributed by atoms with E-state index >= 15 is 0 Å². The zero-order chi connectivity index (χ0) is 33.9. The number of allylic oxidation sites excluding steroid dienone is 2. The van der Waals surface area contributed by atoms with Crippen LogP contribution >= 0.6 is 0 Å². The van der Waals surface area contributed by atoms with Crippen molar-refractivity contribution in [1.29, 1.82) is 0 Å². The highest BCUT2D eigenvalue weighted by Crippen LogP contribution is 2.40. The highest BCUT2D eigenvalue weighted by Gasteiger charge is 2.39. The molecule has 0 saturated heterocycles. The average Bonchev–Trinajstić information content (AvgIpc) is 3.85. The van der Waals surface area contributed by atoms with Gasteiger partial charge in [-0.2, -0.15) is 0 Å². The zero-order valence-electron chi connectivity index (χ0n) is 26.8. The number of methoxy groups -OCH3 is 2. The first kappa shape index (κ1) is 33.6. The van der Waals surface area contributed by atoms with E-state index in [1.54, 1.807) is 30.6 Å². The summed E-state index contributed by atoms with van der Waals surface area (Å²) >= 11 is 0. The molecule has 0 bridgehead atoms. The Labute approximate surface area is 279 Å². The topological polar surface area (TPSA) is 129 Å². The van der Waals surface area contributed by atoms with Gasteiger partial charge in [-0.3, -0.25) is 14.4 Å². The van der Waals surface area contributed by atoms with Gasteiger partial charge in [-0.05, 0) is 23.1 Å². The quantitative estimate of drug-likeness (QED) is 0.156. The Kier molecular flexibility index (Phi) is 11.0. The van der Waals surface area contributed by atoms with Gasteiger partial charge >= 0.3 is 11.9 Å². The van der Waals surface area contributed by atoms with E-state index in [-0.39, 0.29) is 25.2 Å². The molecule has 1 heterocycles. The number of hydrogen-bond acceptors (Lipinski definition) is 7. The van der Waals surface area contributed by atoms with Crippen LogP contribution in [-0.2, 0) is 40.6 Å². The Hall–Kier alpha value is -5.77. The first-order chi connectivity index (χ1) is 23.4. The molecule has 2 N–H and O–H groups in total. The number of ether oxygens (including phenoxy) is 2. The Morgan fingerprint density at radius 1 is 0.771 bits per heavy atom. The monoisotopic (exact) mass is 646 g/mol. The molecule has 2 amide bonds. The molecule has 10 heteroatoms. The van der Waals surface area contributed by atoms with Gasteiger partial charge in [0.05, 0.1) is 32.2 Å². The number of nitrogens with zero attached hydrogens (tertiary/aromatic N) is 2. The molecule has 0 aliphatic heterocycles. The maximum absolute atomic E-state index is 13.8. The molecule has 246 valence electrons. The van der Waals surface area contributed by atoms with Gasteiger partial charge in [0.25, 0.3) is 0 Å². The van der Waals surface area contributed by atoms with Crippen LogP contribution < -0.4 is 10.6 Å². The minimum absolute atomic E-state index is 0.0179. The van der Waals surface area contributed by atoms with Crippen LogP contribution in [0.1, 0.15) is 35.2 Å². The fraction of sp³-hybridized carbons (Fsp3) is 0.237. The molecular formula is C38H38N4O6.